The molecule has 0 saturated carbocycles. The third-order valence-electron chi connectivity index (χ3n) is 4.34. The van der Waals surface area contributed by atoms with Gasteiger partial charge in [0.05, 0.1) is 0 Å². The number of fused-ring (bicyclic) bond motifs is 3. The molecule has 3 aliphatic heterocycles. The number of rotatable bonds is 3. The summed E-state index contributed by atoms with van der Waals surface area (Å²) in [7, 11) is 0. The Labute approximate surface area is 118 Å². The molecule has 1 aromatic rings. The largest absolute Gasteiger partial charge is 0.348 e. The van der Waals surface area contributed by atoms with Crippen LogP contribution in [0, 0.1) is 12.8 Å². The van der Waals surface area contributed by atoms with Gasteiger partial charge in [0.2, 0.25) is 0 Å². The van der Waals surface area contributed by atoms with E-state index in [1.54, 1.807) is 12.1 Å². The maximum atomic E-state index is 12.4. The lowest BCUT2D eigenvalue weighted by Crippen LogP contribution is -2.57. The fourth-order valence-corrected chi connectivity index (χ4v) is 3.25. The summed E-state index contributed by atoms with van der Waals surface area (Å²) in [6.07, 6.45) is 2.38. The summed E-state index contributed by atoms with van der Waals surface area (Å²) >= 11 is 0. The number of pyridine rings is 1. The second-order valence-corrected chi connectivity index (χ2v) is 5.74. The van der Waals surface area contributed by atoms with Gasteiger partial charge in [0.15, 0.2) is 0 Å². The molecule has 20 heavy (non-hydrogen) atoms. The number of piperidine rings is 3. The first-order valence-electron chi connectivity index (χ1n) is 7.14. The van der Waals surface area contributed by atoms with Crippen LogP contribution in [-0.2, 0) is 0 Å². The zero-order valence-electron chi connectivity index (χ0n) is 11.7. The van der Waals surface area contributed by atoms with Gasteiger partial charge in [0, 0.05) is 23.8 Å². The molecule has 4 N–H and O–H groups in total. The summed E-state index contributed by atoms with van der Waals surface area (Å²) < 4.78 is 0. The highest BCUT2D eigenvalue weighted by Crippen LogP contribution is 2.27. The van der Waals surface area contributed by atoms with Gasteiger partial charge in [0.1, 0.15) is 5.82 Å². The van der Waals surface area contributed by atoms with E-state index in [4.69, 9.17) is 5.84 Å². The number of hydrogen-bond donors (Lipinski definition) is 3. The van der Waals surface area contributed by atoms with Crippen molar-refractivity contribution in [1.82, 2.24) is 15.2 Å². The Balaban J connectivity index is 1.71. The Morgan fingerprint density at radius 1 is 1.40 bits per heavy atom. The van der Waals surface area contributed by atoms with E-state index in [0.29, 0.717) is 17.3 Å². The van der Waals surface area contributed by atoms with Crippen molar-refractivity contribution in [2.45, 2.75) is 25.8 Å². The minimum absolute atomic E-state index is 0.0363. The van der Waals surface area contributed by atoms with Gasteiger partial charge in [-0.3, -0.25) is 4.79 Å². The van der Waals surface area contributed by atoms with Crippen molar-refractivity contribution in [3.05, 3.63) is 23.4 Å². The van der Waals surface area contributed by atoms with Crippen molar-refractivity contribution in [3.8, 4) is 0 Å². The molecule has 0 radical (unpaired) electrons. The van der Waals surface area contributed by atoms with Crippen molar-refractivity contribution in [1.29, 1.82) is 0 Å². The highest BCUT2D eigenvalue weighted by Gasteiger charge is 2.34. The first kappa shape index (κ1) is 13.3. The number of nitrogens with two attached hydrogens (primary N) is 1. The van der Waals surface area contributed by atoms with Crippen LogP contribution in [0.4, 0.5) is 5.82 Å². The van der Waals surface area contributed by atoms with Gasteiger partial charge < -0.3 is 15.6 Å². The maximum Gasteiger partial charge on any atom is 0.251 e. The topological polar surface area (TPSA) is 83.3 Å². The van der Waals surface area contributed by atoms with Gasteiger partial charge in [-0.05, 0) is 50.9 Å². The molecule has 6 nitrogen and oxygen atoms in total. The predicted molar refractivity (Wildman–Crippen MR) is 77.2 cm³/mol. The second kappa shape index (κ2) is 5.38. The zero-order chi connectivity index (χ0) is 14.1. The number of nitrogens with zero attached hydrogens (tertiary/aromatic N) is 2. The van der Waals surface area contributed by atoms with E-state index in [-0.39, 0.29) is 11.9 Å². The molecule has 0 aromatic carbocycles. The quantitative estimate of drug-likeness (QED) is 0.553. The van der Waals surface area contributed by atoms with Crippen LogP contribution in [-0.4, -0.2) is 41.5 Å². The number of anilines is 1. The van der Waals surface area contributed by atoms with Crippen molar-refractivity contribution < 1.29 is 4.79 Å². The molecule has 1 aromatic heterocycles. The highest BCUT2D eigenvalue weighted by molar-refractivity contribution is 5.95. The minimum atomic E-state index is -0.0363. The Morgan fingerprint density at radius 3 is 2.75 bits per heavy atom. The van der Waals surface area contributed by atoms with Crippen molar-refractivity contribution >= 4 is 11.7 Å². The number of aryl methyl sites for hydroxylation is 1. The smallest absolute Gasteiger partial charge is 0.251 e. The standard InChI is InChI=1S/C14H21N5O/c1-9-6-11(7-13(16-9)18-15)14(20)17-12-8-19-4-2-10(12)3-5-19/h6-7,10,12H,2-5,8,15H2,1H3,(H,16,18)(H,17,20). The number of carbonyl (C=O) groups is 1. The van der Waals surface area contributed by atoms with E-state index in [0.717, 1.165) is 12.2 Å². The Hall–Kier alpha value is -1.66. The summed E-state index contributed by atoms with van der Waals surface area (Å²) in [4.78, 5) is 19.0. The van der Waals surface area contributed by atoms with E-state index < -0.39 is 0 Å². The molecule has 6 heteroatoms. The normalized spacial score (nSPS) is 28.2. The van der Waals surface area contributed by atoms with E-state index in [9.17, 15) is 4.79 Å². The van der Waals surface area contributed by atoms with Crippen molar-refractivity contribution in [2.75, 3.05) is 25.1 Å². The Bertz CT molecular complexity index is 510. The molecule has 0 spiro atoms. The highest BCUT2D eigenvalue weighted by atomic mass is 16.1. The summed E-state index contributed by atoms with van der Waals surface area (Å²) in [6, 6.07) is 3.74. The number of nitrogens with one attached hydrogen (secondary N) is 2. The lowest BCUT2D eigenvalue weighted by molar-refractivity contribution is 0.0620. The van der Waals surface area contributed by atoms with Crippen LogP contribution in [0.1, 0.15) is 28.9 Å². The first-order chi connectivity index (χ1) is 9.65. The Morgan fingerprint density at radius 2 is 2.15 bits per heavy atom. The maximum absolute atomic E-state index is 12.4. The monoisotopic (exact) mass is 275 g/mol. The molecule has 0 aliphatic carbocycles. The van der Waals surface area contributed by atoms with Crippen LogP contribution in [0.25, 0.3) is 0 Å². The minimum Gasteiger partial charge on any atom is -0.348 e. The first-order valence-corrected chi connectivity index (χ1v) is 7.14. The van der Waals surface area contributed by atoms with Crippen LogP contribution in [0.3, 0.4) is 0 Å². The van der Waals surface area contributed by atoms with Crippen molar-refractivity contribution in [3.63, 3.8) is 0 Å². The average molecular weight is 275 g/mol. The van der Waals surface area contributed by atoms with Gasteiger partial charge in [0.25, 0.3) is 5.91 Å². The van der Waals surface area contributed by atoms with Gasteiger partial charge in [-0.25, -0.2) is 10.8 Å². The molecule has 4 rings (SSSR count). The molecule has 4 heterocycles. The van der Waals surface area contributed by atoms with Crippen LogP contribution in [0.2, 0.25) is 0 Å². The fraction of sp³-hybridized carbons (Fsp3) is 0.571. The molecule has 1 unspecified atom stereocenters. The average Bonchev–Trinajstić information content (AvgIpc) is 2.47. The Kier molecular flexibility index (Phi) is 3.58. The van der Waals surface area contributed by atoms with Gasteiger partial charge in [-0.1, -0.05) is 0 Å². The van der Waals surface area contributed by atoms with Crippen LogP contribution in [0.15, 0.2) is 12.1 Å². The fourth-order valence-electron chi connectivity index (χ4n) is 3.25. The number of carbonyl (C=O) groups excluding carboxylic acids is 1. The molecular weight excluding hydrogens is 254 g/mol. The van der Waals surface area contributed by atoms with Crippen molar-refractivity contribution in [2.24, 2.45) is 11.8 Å². The van der Waals surface area contributed by atoms with Crippen LogP contribution < -0.4 is 16.6 Å². The summed E-state index contributed by atoms with van der Waals surface area (Å²) in [5, 5.41) is 3.17. The summed E-state index contributed by atoms with van der Waals surface area (Å²) in [5.41, 5.74) is 3.88. The molecule has 108 valence electrons. The van der Waals surface area contributed by atoms with E-state index in [1.807, 2.05) is 6.92 Å². The lowest BCUT2D eigenvalue weighted by Gasteiger charge is -2.44. The molecule has 1 atom stereocenters. The van der Waals surface area contributed by atoms with E-state index in [2.05, 4.69) is 20.6 Å². The van der Waals surface area contributed by atoms with Gasteiger partial charge in [-0.2, -0.15) is 0 Å². The number of nitrogen functional groups attached to an aromatic ring is 1. The van der Waals surface area contributed by atoms with E-state index in [1.165, 1.54) is 25.9 Å². The summed E-state index contributed by atoms with van der Waals surface area (Å²) in [6.45, 7) is 5.17. The number of aromatic nitrogens is 1. The molecule has 1 amide bonds. The third kappa shape index (κ3) is 2.62. The molecule has 2 bridgehead atoms. The number of hydrazine groups is 1. The van der Waals surface area contributed by atoms with E-state index >= 15 is 0 Å². The lowest BCUT2D eigenvalue weighted by atomic mass is 9.84. The summed E-state index contributed by atoms with van der Waals surface area (Å²) in [5.74, 6) is 6.48. The SMILES string of the molecule is Cc1cc(C(=O)NC2CN3CCC2CC3)cc(NN)n1. The number of amides is 1. The van der Waals surface area contributed by atoms with Crippen LogP contribution >= 0.6 is 0 Å². The predicted octanol–water partition coefficient (Wildman–Crippen LogP) is 0.500. The van der Waals surface area contributed by atoms with Crippen LogP contribution in [0.5, 0.6) is 0 Å². The molecule has 3 fully saturated rings. The number of hydrogen-bond acceptors (Lipinski definition) is 5. The zero-order valence-corrected chi connectivity index (χ0v) is 11.7. The molecule has 3 saturated heterocycles. The van der Waals surface area contributed by atoms with Gasteiger partial charge in [-0.15, -0.1) is 0 Å². The third-order valence-corrected chi connectivity index (χ3v) is 4.34. The molecular formula is C14H21N5O. The molecule has 3 aliphatic rings. The van der Waals surface area contributed by atoms with Gasteiger partial charge >= 0.3 is 0 Å². The second-order valence-electron chi connectivity index (χ2n) is 5.74.